The van der Waals surface area contributed by atoms with Gasteiger partial charge in [0.1, 0.15) is 10.8 Å². The normalized spacial score (nSPS) is 12.2. The van der Waals surface area contributed by atoms with Gasteiger partial charge in [0, 0.05) is 12.0 Å². The highest BCUT2D eigenvalue weighted by atomic mass is 32.1. The largest absolute Gasteiger partial charge is 0.361 e. The first-order chi connectivity index (χ1) is 10.6. The molecule has 0 fully saturated rings. The number of para-hydroxylation sites is 1. The molecule has 0 amide bonds. The number of fused-ring (bicyclic) bond motifs is 1. The van der Waals surface area contributed by atoms with Crippen molar-refractivity contribution in [2.75, 3.05) is 0 Å². The summed E-state index contributed by atoms with van der Waals surface area (Å²) < 4.78 is 6.04. The maximum atomic E-state index is 12.5. The lowest BCUT2D eigenvalue weighted by Crippen LogP contribution is -2.14. The SMILES string of the molecule is Cc1noc(C)c1CC(=O)C(C#N)c1nc2ccccc2s1. The van der Waals surface area contributed by atoms with Crippen molar-refractivity contribution in [1.29, 1.82) is 5.26 Å². The van der Waals surface area contributed by atoms with Crippen LogP contribution in [0.15, 0.2) is 28.8 Å². The summed E-state index contributed by atoms with van der Waals surface area (Å²) in [6.07, 6.45) is 0.134. The fraction of sp³-hybridized carbons (Fsp3) is 0.250. The lowest BCUT2D eigenvalue weighted by molar-refractivity contribution is -0.118. The molecule has 0 saturated carbocycles. The van der Waals surface area contributed by atoms with E-state index in [4.69, 9.17) is 4.52 Å². The Balaban J connectivity index is 1.90. The fourth-order valence-corrected chi connectivity index (χ4v) is 3.35. The summed E-state index contributed by atoms with van der Waals surface area (Å²) in [5.41, 5.74) is 2.26. The summed E-state index contributed by atoms with van der Waals surface area (Å²) >= 11 is 1.39. The van der Waals surface area contributed by atoms with Crippen molar-refractivity contribution in [3.63, 3.8) is 0 Å². The molecule has 2 aromatic heterocycles. The third kappa shape index (κ3) is 2.51. The average Bonchev–Trinajstić information content (AvgIpc) is 3.06. The molecule has 0 aliphatic rings. The van der Waals surface area contributed by atoms with Gasteiger partial charge in [-0.2, -0.15) is 5.26 Å². The molecule has 1 aromatic carbocycles. The molecule has 110 valence electrons. The highest BCUT2D eigenvalue weighted by Gasteiger charge is 2.26. The van der Waals surface area contributed by atoms with Crippen LogP contribution in [0.25, 0.3) is 10.2 Å². The molecule has 22 heavy (non-hydrogen) atoms. The monoisotopic (exact) mass is 311 g/mol. The smallest absolute Gasteiger partial charge is 0.161 e. The summed E-state index contributed by atoms with van der Waals surface area (Å²) in [5.74, 6) is -0.422. The van der Waals surface area contributed by atoms with E-state index in [0.717, 1.165) is 15.8 Å². The first kappa shape index (κ1) is 14.4. The maximum Gasteiger partial charge on any atom is 0.161 e. The second kappa shape index (κ2) is 5.70. The molecule has 1 atom stereocenters. The zero-order chi connectivity index (χ0) is 15.7. The number of hydrogen-bond acceptors (Lipinski definition) is 6. The van der Waals surface area contributed by atoms with Crippen molar-refractivity contribution in [2.24, 2.45) is 0 Å². The second-order valence-electron chi connectivity index (χ2n) is 5.03. The molecule has 0 N–H and O–H groups in total. The third-order valence-corrected chi connectivity index (χ3v) is 4.64. The van der Waals surface area contributed by atoms with Crippen LogP contribution >= 0.6 is 11.3 Å². The van der Waals surface area contributed by atoms with Gasteiger partial charge in [0.15, 0.2) is 11.7 Å². The Bertz CT molecular complexity index is 836. The summed E-state index contributed by atoms with van der Waals surface area (Å²) in [6.45, 7) is 3.56. The number of ketones is 1. The van der Waals surface area contributed by atoms with Crippen molar-refractivity contribution in [1.82, 2.24) is 10.1 Å². The lowest BCUT2D eigenvalue weighted by Gasteiger charge is -2.04. The van der Waals surface area contributed by atoms with Crippen molar-refractivity contribution in [3.8, 4) is 6.07 Å². The molecule has 0 aliphatic heterocycles. The number of hydrogen-bond donors (Lipinski definition) is 0. The maximum absolute atomic E-state index is 12.5. The van der Waals surface area contributed by atoms with E-state index in [2.05, 4.69) is 16.2 Å². The van der Waals surface area contributed by atoms with Crippen molar-refractivity contribution < 1.29 is 9.32 Å². The zero-order valence-corrected chi connectivity index (χ0v) is 13.0. The van der Waals surface area contributed by atoms with E-state index in [0.29, 0.717) is 16.5 Å². The van der Waals surface area contributed by atoms with Crippen molar-refractivity contribution in [3.05, 3.63) is 46.3 Å². The number of rotatable bonds is 4. The van der Waals surface area contributed by atoms with Crippen LogP contribution < -0.4 is 0 Å². The highest BCUT2D eigenvalue weighted by Crippen LogP contribution is 2.29. The van der Waals surface area contributed by atoms with Crippen LogP contribution in [-0.2, 0) is 11.2 Å². The Morgan fingerprint density at radius 1 is 1.41 bits per heavy atom. The van der Waals surface area contributed by atoms with Gasteiger partial charge in [-0.25, -0.2) is 4.98 Å². The molecular weight excluding hydrogens is 298 g/mol. The molecule has 0 radical (unpaired) electrons. The van der Waals surface area contributed by atoms with Gasteiger partial charge in [0.05, 0.1) is 22.0 Å². The first-order valence-electron chi connectivity index (χ1n) is 6.79. The second-order valence-corrected chi connectivity index (χ2v) is 6.09. The van der Waals surface area contributed by atoms with Crippen LogP contribution in [0.5, 0.6) is 0 Å². The number of nitriles is 1. The van der Waals surface area contributed by atoms with Gasteiger partial charge < -0.3 is 4.52 Å². The van der Waals surface area contributed by atoms with Crippen LogP contribution in [0.1, 0.15) is 27.9 Å². The van der Waals surface area contributed by atoms with Crippen molar-refractivity contribution in [2.45, 2.75) is 26.2 Å². The zero-order valence-electron chi connectivity index (χ0n) is 12.2. The van der Waals surface area contributed by atoms with Crippen LogP contribution in [0.2, 0.25) is 0 Å². The number of Topliss-reactive ketones (excluding diaryl/α,β-unsaturated/α-hetero) is 1. The van der Waals surface area contributed by atoms with Gasteiger partial charge in [-0.15, -0.1) is 11.3 Å². The minimum atomic E-state index is -0.855. The molecule has 3 rings (SSSR count). The van der Waals surface area contributed by atoms with Crippen LogP contribution in [0, 0.1) is 25.2 Å². The summed E-state index contributed by atoms with van der Waals surface area (Å²) in [7, 11) is 0. The third-order valence-electron chi connectivity index (χ3n) is 3.54. The summed E-state index contributed by atoms with van der Waals surface area (Å²) in [6, 6.07) is 9.69. The van der Waals surface area contributed by atoms with E-state index in [1.54, 1.807) is 13.8 Å². The lowest BCUT2D eigenvalue weighted by atomic mass is 9.98. The molecule has 6 heteroatoms. The number of aryl methyl sites for hydroxylation is 2. The number of carbonyl (C=O) groups excluding carboxylic acids is 1. The van der Waals surface area contributed by atoms with E-state index in [9.17, 15) is 10.1 Å². The number of aromatic nitrogens is 2. The molecule has 0 saturated heterocycles. The van der Waals surface area contributed by atoms with Gasteiger partial charge >= 0.3 is 0 Å². The quantitative estimate of drug-likeness (QED) is 0.738. The molecule has 1 unspecified atom stereocenters. The molecule has 2 heterocycles. The Morgan fingerprint density at radius 2 is 2.18 bits per heavy atom. The molecule has 3 aromatic rings. The Morgan fingerprint density at radius 3 is 2.82 bits per heavy atom. The van der Waals surface area contributed by atoms with E-state index in [1.165, 1.54) is 11.3 Å². The molecular formula is C16H13N3O2S. The number of benzene rings is 1. The summed E-state index contributed by atoms with van der Waals surface area (Å²) in [4.78, 5) is 16.9. The number of thiazole rings is 1. The predicted molar refractivity (Wildman–Crippen MR) is 82.7 cm³/mol. The first-order valence-corrected chi connectivity index (χ1v) is 7.61. The summed E-state index contributed by atoms with van der Waals surface area (Å²) in [5, 5.41) is 13.8. The van der Waals surface area contributed by atoms with Crippen LogP contribution in [0.3, 0.4) is 0 Å². The van der Waals surface area contributed by atoms with E-state index in [1.807, 2.05) is 24.3 Å². The Hall–Kier alpha value is -2.52. The fourth-order valence-electron chi connectivity index (χ4n) is 2.31. The molecule has 5 nitrogen and oxygen atoms in total. The topological polar surface area (TPSA) is 79.8 Å². The molecule has 0 aliphatic carbocycles. The minimum absolute atomic E-state index is 0.134. The van der Waals surface area contributed by atoms with Gasteiger partial charge in [-0.05, 0) is 26.0 Å². The van der Waals surface area contributed by atoms with Gasteiger partial charge in [0.2, 0.25) is 0 Å². The highest BCUT2D eigenvalue weighted by molar-refractivity contribution is 7.18. The van der Waals surface area contributed by atoms with Crippen LogP contribution in [0.4, 0.5) is 0 Å². The van der Waals surface area contributed by atoms with E-state index in [-0.39, 0.29) is 12.2 Å². The molecule has 0 bridgehead atoms. The molecule has 0 spiro atoms. The number of nitrogens with zero attached hydrogens (tertiary/aromatic N) is 3. The van der Waals surface area contributed by atoms with E-state index < -0.39 is 5.92 Å². The minimum Gasteiger partial charge on any atom is -0.361 e. The number of carbonyl (C=O) groups is 1. The predicted octanol–water partition coefficient (Wildman–Crippen LogP) is 3.32. The standard InChI is InChI=1S/C16H13N3O2S/c1-9-11(10(2)21-19-9)7-14(20)12(8-17)16-18-13-5-3-4-6-15(13)22-16/h3-6,12H,7H2,1-2H3. The van der Waals surface area contributed by atoms with Gasteiger partial charge in [-0.1, -0.05) is 17.3 Å². The Labute approximate surface area is 131 Å². The van der Waals surface area contributed by atoms with Gasteiger partial charge in [0.25, 0.3) is 0 Å². The van der Waals surface area contributed by atoms with E-state index >= 15 is 0 Å². The van der Waals surface area contributed by atoms with Crippen LogP contribution in [-0.4, -0.2) is 15.9 Å². The van der Waals surface area contributed by atoms with Crippen molar-refractivity contribution >= 4 is 27.3 Å². The Kier molecular flexibility index (Phi) is 3.73. The van der Waals surface area contributed by atoms with Gasteiger partial charge in [-0.3, -0.25) is 4.79 Å². The average molecular weight is 311 g/mol.